The Balaban J connectivity index is 2.61. The van der Waals surface area contributed by atoms with Crippen LogP contribution in [0.4, 0.5) is 4.39 Å². The Morgan fingerprint density at radius 1 is 1.35 bits per heavy atom. The monoisotopic (exact) mass is 258 g/mol. The van der Waals surface area contributed by atoms with Gasteiger partial charge in [0.1, 0.15) is 15.7 Å². The number of benzene rings is 1. The Morgan fingerprint density at radius 3 is 2.53 bits per heavy atom. The highest BCUT2D eigenvalue weighted by atomic mass is 32.2. The molecule has 0 saturated heterocycles. The van der Waals surface area contributed by atoms with Crippen molar-refractivity contribution in [3.05, 3.63) is 35.1 Å². The van der Waals surface area contributed by atoms with Crippen LogP contribution in [0.15, 0.2) is 18.2 Å². The first-order chi connectivity index (χ1) is 7.79. The van der Waals surface area contributed by atoms with Crippen LogP contribution in [-0.4, -0.2) is 26.2 Å². The summed E-state index contributed by atoms with van der Waals surface area (Å²) in [5.74, 6) is -0.506. The predicted octanol–water partition coefficient (Wildman–Crippen LogP) is 2.14. The number of rotatable bonds is 5. The van der Waals surface area contributed by atoms with Crippen molar-refractivity contribution in [1.29, 1.82) is 0 Å². The molecule has 0 aliphatic rings. The van der Waals surface area contributed by atoms with Gasteiger partial charge >= 0.3 is 0 Å². The molecule has 0 aromatic heterocycles. The lowest BCUT2D eigenvalue weighted by Crippen LogP contribution is -2.07. The molecule has 0 fully saturated rings. The summed E-state index contributed by atoms with van der Waals surface area (Å²) in [7, 11) is -3.03. The Morgan fingerprint density at radius 2 is 2.00 bits per heavy atom. The third-order valence-corrected chi connectivity index (χ3v) is 3.43. The molecule has 3 nitrogen and oxygen atoms in total. The number of ketones is 1. The molecule has 0 aliphatic carbocycles. The van der Waals surface area contributed by atoms with Gasteiger partial charge in [-0.1, -0.05) is 0 Å². The molecule has 1 rings (SSSR count). The van der Waals surface area contributed by atoms with E-state index in [2.05, 4.69) is 0 Å². The summed E-state index contributed by atoms with van der Waals surface area (Å²) in [6, 6.07) is 4.16. The van der Waals surface area contributed by atoms with Crippen molar-refractivity contribution in [2.24, 2.45) is 0 Å². The number of hydrogen-bond donors (Lipinski definition) is 0. The van der Waals surface area contributed by atoms with Gasteiger partial charge in [-0.25, -0.2) is 12.8 Å². The van der Waals surface area contributed by atoms with Gasteiger partial charge in [0, 0.05) is 18.2 Å². The molecule has 5 heteroatoms. The van der Waals surface area contributed by atoms with Crippen LogP contribution in [0.1, 0.15) is 28.8 Å². The second-order valence-electron chi connectivity index (χ2n) is 4.12. The van der Waals surface area contributed by atoms with Crippen molar-refractivity contribution in [1.82, 2.24) is 0 Å². The molecular weight excluding hydrogens is 243 g/mol. The Labute approximate surface area is 101 Å². The maximum Gasteiger partial charge on any atom is 0.162 e. The summed E-state index contributed by atoms with van der Waals surface area (Å²) in [6.07, 6.45) is 1.60. The number of Topliss-reactive ketones (excluding diaryl/α,β-unsaturated/α-hetero) is 1. The van der Waals surface area contributed by atoms with E-state index in [1.165, 1.54) is 18.2 Å². The Hall–Kier alpha value is -1.23. The molecule has 0 unspecified atom stereocenters. The maximum absolute atomic E-state index is 13.0. The van der Waals surface area contributed by atoms with Gasteiger partial charge in [0.25, 0.3) is 0 Å². The molecule has 0 atom stereocenters. The van der Waals surface area contributed by atoms with E-state index in [1.54, 1.807) is 6.92 Å². The van der Waals surface area contributed by atoms with Crippen LogP contribution in [-0.2, 0) is 9.84 Å². The van der Waals surface area contributed by atoms with Crippen molar-refractivity contribution in [2.75, 3.05) is 12.0 Å². The van der Waals surface area contributed by atoms with Crippen molar-refractivity contribution in [2.45, 2.75) is 19.8 Å². The quantitative estimate of drug-likeness (QED) is 0.760. The van der Waals surface area contributed by atoms with Gasteiger partial charge in [0.05, 0.1) is 5.75 Å². The number of hydrogen-bond acceptors (Lipinski definition) is 3. The van der Waals surface area contributed by atoms with Crippen molar-refractivity contribution < 1.29 is 17.6 Å². The molecule has 0 N–H and O–H groups in total. The first kappa shape index (κ1) is 13.8. The average molecular weight is 258 g/mol. The SMILES string of the molecule is Cc1cc(C(=O)CCCS(C)(=O)=O)ccc1F. The van der Waals surface area contributed by atoms with Gasteiger partial charge in [-0.05, 0) is 37.1 Å². The lowest BCUT2D eigenvalue weighted by Gasteiger charge is -2.03. The highest BCUT2D eigenvalue weighted by molar-refractivity contribution is 7.90. The van der Waals surface area contributed by atoms with E-state index in [4.69, 9.17) is 0 Å². The molecule has 0 bridgehead atoms. The first-order valence-corrected chi connectivity index (χ1v) is 7.33. The number of carbonyl (C=O) groups excluding carboxylic acids is 1. The van der Waals surface area contributed by atoms with Gasteiger partial charge in [-0.2, -0.15) is 0 Å². The van der Waals surface area contributed by atoms with Crippen LogP contribution in [0.3, 0.4) is 0 Å². The molecule has 1 aromatic carbocycles. The number of sulfone groups is 1. The summed E-state index contributed by atoms with van der Waals surface area (Å²) in [5.41, 5.74) is 0.844. The largest absolute Gasteiger partial charge is 0.294 e. The zero-order valence-corrected chi connectivity index (χ0v) is 10.7. The van der Waals surface area contributed by atoms with Crippen LogP contribution >= 0.6 is 0 Å². The van der Waals surface area contributed by atoms with E-state index in [0.29, 0.717) is 17.5 Å². The van der Waals surface area contributed by atoms with E-state index < -0.39 is 9.84 Å². The highest BCUT2D eigenvalue weighted by Gasteiger charge is 2.09. The van der Waals surface area contributed by atoms with Crippen LogP contribution in [0.5, 0.6) is 0 Å². The van der Waals surface area contributed by atoms with E-state index in [9.17, 15) is 17.6 Å². The standard InChI is InChI=1S/C12H15FO3S/c1-9-8-10(5-6-11(9)13)12(14)4-3-7-17(2,15)16/h5-6,8H,3-4,7H2,1-2H3. The fraction of sp³-hybridized carbons (Fsp3) is 0.417. The fourth-order valence-electron chi connectivity index (χ4n) is 1.46. The van der Waals surface area contributed by atoms with Gasteiger partial charge < -0.3 is 0 Å². The van der Waals surface area contributed by atoms with Crippen LogP contribution in [0.2, 0.25) is 0 Å². The summed E-state index contributed by atoms with van der Waals surface area (Å²) >= 11 is 0. The minimum absolute atomic E-state index is 0.00107. The Bertz CT molecular complexity index is 521. The van der Waals surface area contributed by atoms with Crippen molar-refractivity contribution >= 4 is 15.6 Å². The van der Waals surface area contributed by atoms with E-state index in [0.717, 1.165) is 6.26 Å². The smallest absolute Gasteiger partial charge is 0.162 e. The summed E-state index contributed by atoms with van der Waals surface area (Å²) in [6.45, 7) is 1.59. The van der Waals surface area contributed by atoms with Gasteiger partial charge in [0.2, 0.25) is 0 Å². The van der Waals surface area contributed by atoms with Crippen LogP contribution in [0.25, 0.3) is 0 Å². The molecule has 1 aromatic rings. The second kappa shape index (κ2) is 5.40. The van der Waals surface area contributed by atoms with E-state index in [1.807, 2.05) is 0 Å². The third-order valence-electron chi connectivity index (χ3n) is 2.40. The lowest BCUT2D eigenvalue weighted by atomic mass is 10.0. The zero-order valence-electron chi connectivity index (χ0n) is 9.86. The van der Waals surface area contributed by atoms with Gasteiger partial charge in [-0.15, -0.1) is 0 Å². The first-order valence-electron chi connectivity index (χ1n) is 5.26. The molecule has 0 radical (unpaired) electrons. The average Bonchev–Trinajstić information content (AvgIpc) is 2.20. The Kier molecular flexibility index (Phi) is 4.40. The van der Waals surface area contributed by atoms with Gasteiger partial charge in [0.15, 0.2) is 5.78 Å². The number of carbonyl (C=O) groups is 1. The molecule has 94 valence electrons. The zero-order chi connectivity index (χ0) is 13.1. The van der Waals surface area contributed by atoms with Crippen molar-refractivity contribution in [3.8, 4) is 0 Å². The van der Waals surface area contributed by atoms with E-state index in [-0.39, 0.29) is 23.8 Å². The summed E-state index contributed by atoms with van der Waals surface area (Å²) in [4.78, 5) is 11.7. The van der Waals surface area contributed by atoms with Crippen LogP contribution in [0, 0.1) is 12.7 Å². The summed E-state index contributed by atoms with van der Waals surface area (Å²) < 4.78 is 34.8. The molecular formula is C12H15FO3S. The minimum atomic E-state index is -3.03. The molecule has 0 aliphatic heterocycles. The van der Waals surface area contributed by atoms with E-state index >= 15 is 0 Å². The number of aryl methyl sites for hydroxylation is 1. The number of halogens is 1. The highest BCUT2D eigenvalue weighted by Crippen LogP contribution is 2.12. The topological polar surface area (TPSA) is 51.2 Å². The summed E-state index contributed by atoms with van der Waals surface area (Å²) in [5, 5.41) is 0. The minimum Gasteiger partial charge on any atom is -0.294 e. The molecule has 0 saturated carbocycles. The predicted molar refractivity (Wildman–Crippen MR) is 64.4 cm³/mol. The third kappa shape index (κ3) is 4.65. The molecule has 0 spiro atoms. The van der Waals surface area contributed by atoms with Crippen LogP contribution < -0.4 is 0 Å². The fourth-order valence-corrected chi connectivity index (χ4v) is 2.13. The molecule has 0 amide bonds. The van der Waals surface area contributed by atoms with Gasteiger partial charge in [-0.3, -0.25) is 4.79 Å². The molecule has 17 heavy (non-hydrogen) atoms. The van der Waals surface area contributed by atoms with Crippen molar-refractivity contribution in [3.63, 3.8) is 0 Å². The molecule has 0 heterocycles. The second-order valence-corrected chi connectivity index (χ2v) is 6.38. The normalized spacial score (nSPS) is 11.5. The lowest BCUT2D eigenvalue weighted by molar-refractivity contribution is 0.0982. The maximum atomic E-state index is 13.0.